The maximum atomic E-state index is 13.1. The highest BCUT2D eigenvalue weighted by Gasteiger charge is 2.40. The van der Waals surface area contributed by atoms with Gasteiger partial charge in [0, 0.05) is 0 Å². The predicted molar refractivity (Wildman–Crippen MR) is 148 cm³/mol. The molecule has 0 atom stereocenters. The zero-order valence-corrected chi connectivity index (χ0v) is 21.0. The van der Waals surface area contributed by atoms with E-state index in [-0.39, 0.29) is 11.8 Å². The molecule has 4 nitrogen and oxygen atoms in total. The second kappa shape index (κ2) is 8.75. The summed E-state index contributed by atoms with van der Waals surface area (Å²) in [6.07, 6.45) is 0. The van der Waals surface area contributed by atoms with Crippen LogP contribution in [0.25, 0.3) is 33.6 Å². The van der Waals surface area contributed by atoms with E-state index in [2.05, 4.69) is 73.9 Å². The zero-order valence-electron chi connectivity index (χ0n) is 21.0. The number of nitrogens with one attached hydrogen (secondary N) is 2. The summed E-state index contributed by atoms with van der Waals surface area (Å²) < 4.78 is 0. The van der Waals surface area contributed by atoms with Gasteiger partial charge in [0.25, 0.3) is 11.8 Å². The van der Waals surface area contributed by atoms with Gasteiger partial charge in [0.2, 0.25) is 0 Å². The van der Waals surface area contributed by atoms with Gasteiger partial charge in [0.15, 0.2) is 0 Å². The molecule has 2 aliphatic rings. The standard InChI is InChI=1S/C33H26N2O2/c1-19-4-7-22(8-5-19)23-9-13-25(14-10-23)30-28-29(33(37)34-30)31(35-32(28)36)26-15-11-24(12-16-26)27-17-6-20(2)18-21(27)3/h4-18H,1-3H3,(H,34,37)(H,35,36). The molecule has 0 fully saturated rings. The van der Waals surface area contributed by atoms with Crippen LogP contribution in [0, 0.1) is 20.8 Å². The minimum absolute atomic E-state index is 0.264. The van der Waals surface area contributed by atoms with Gasteiger partial charge in [-0.2, -0.15) is 0 Å². The van der Waals surface area contributed by atoms with Crippen molar-refractivity contribution >= 4 is 23.2 Å². The summed E-state index contributed by atoms with van der Waals surface area (Å²) in [7, 11) is 0. The Labute approximate surface area is 216 Å². The van der Waals surface area contributed by atoms with Crippen molar-refractivity contribution in [2.75, 3.05) is 0 Å². The zero-order chi connectivity index (χ0) is 25.7. The lowest BCUT2D eigenvalue weighted by Gasteiger charge is -2.10. The molecule has 4 heteroatoms. The first-order valence-corrected chi connectivity index (χ1v) is 12.4. The maximum absolute atomic E-state index is 13.1. The van der Waals surface area contributed by atoms with Gasteiger partial charge in [-0.05, 0) is 59.7 Å². The monoisotopic (exact) mass is 482 g/mol. The lowest BCUT2D eigenvalue weighted by molar-refractivity contribution is -0.117. The molecule has 0 unspecified atom stereocenters. The third-order valence-corrected chi connectivity index (χ3v) is 7.11. The highest BCUT2D eigenvalue weighted by molar-refractivity contribution is 6.30. The van der Waals surface area contributed by atoms with E-state index in [1.165, 1.54) is 22.3 Å². The number of fused-ring (bicyclic) bond motifs is 1. The fourth-order valence-corrected chi connectivity index (χ4v) is 5.14. The molecule has 6 rings (SSSR count). The molecule has 0 spiro atoms. The van der Waals surface area contributed by atoms with Crippen LogP contribution >= 0.6 is 0 Å². The summed E-state index contributed by atoms with van der Waals surface area (Å²) in [5.41, 5.74) is 11.6. The normalized spacial score (nSPS) is 14.7. The SMILES string of the molecule is Cc1ccc(-c2ccc(C3=C4C(=O)NC(c5ccc(-c6ccc(C)cc6C)cc5)=C4C(=O)N3)cc2)cc1. The summed E-state index contributed by atoms with van der Waals surface area (Å²) in [5, 5.41) is 5.89. The number of carbonyl (C=O) groups excluding carboxylic acids is 2. The molecule has 2 heterocycles. The Bertz CT molecular complexity index is 1640. The Morgan fingerprint density at radius 1 is 0.459 bits per heavy atom. The summed E-state index contributed by atoms with van der Waals surface area (Å²) in [6, 6.07) is 30.7. The summed E-state index contributed by atoms with van der Waals surface area (Å²) in [6.45, 7) is 6.25. The second-order valence-electron chi connectivity index (χ2n) is 9.75. The van der Waals surface area contributed by atoms with Gasteiger partial charge in [-0.3, -0.25) is 9.59 Å². The Hall–Kier alpha value is -4.70. The van der Waals surface area contributed by atoms with Gasteiger partial charge in [-0.1, -0.05) is 102 Å². The number of rotatable bonds is 4. The molecule has 2 aliphatic heterocycles. The van der Waals surface area contributed by atoms with Crippen LogP contribution in [0.5, 0.6) is 0 Å². The Kier molecular flexibility index (Phi) is 5.38. The smallest absolute Gasteiger partial charge is 0.258 e. The molecule has 0 radical (unpaired) electrons. The van der Waals surface area contributed by atoms with E-state index in [0.29, 0.717) is 22.5 Å². The third kappa shape index (κ3) is 3.97. The average Bonchev–Trinajstić information content (AvgIpc) is 3.43. The quantitative estimate of drug-likeness (QED) is 0.357. The lowest BCUT2D eigenvalue weighted by Crippen LogP contribution is -2.21. The van der Waals surface area contributed by atoms with Gasteiger partial charge in [0.1, 0.15) is 0 Å². The number of benzene rings is 4. The molecule has 0 saturated carbocycles. The molecule has 2 amide bonds. The highest BCUT2D eigenvalue weighted by Crippen LogP contribution is 2.38. The van der Waals surface area contributed by atoms with Crippen LogP contribution in [-0.4, -0.2) is 11.8 Å². The van der Waals surface area contributed by atoms with Crippen LogP contribution in [0.4, 0.5) is 0 Å². The van der Waals surface area contributed by atoms with E-state index in [0.717, 1.165) is 27.8 Å². The largest absolute Gasteiger partial charge is 0.321 e. The van der Waals surface area contributed by atoms with Crippen LogP contribution < -0.4 is 10.6 Å². The predicted octanol–water partition coefficient (Wildman–Crippen LogP) is 6.33. The summed E-state index contributed by atoms with van der Waals surface area (Å²) in [5.74, 6) is -0.529. The molecular weight excluding hydrogens is 456 g/mol. The van der Waals surface area contributed by atoms with Crippen molar-refractivity contribution in [3.8, 4) is 22.3 Å². The summed E-state index contributed by atoms with van der Waals surface area (Å²) >= 11 is 0. The molecular formula is C33H26N2O2. The molecule has 0 aromatic heterocycles. The summed E-state index contributed by atoms with van der Waals surface area (Å²) in [4.78, 5) is 26.1. The van der Waals surface area contributed by atoms with Crippen molar-refractivity contribution in [2.45, 2.75) is 20.8 Å². The fourth-order valence-electron chi connectivity index (χ4n) is 5.14. The van der Waals surface area contributed by atoms with Gasteiger partial charge >= 0.3 is 0 Å². The molecule has 0 aliphatic carbocycles. The Morgan fingerprint density at radius 2 is 0.865 bits per heavy atom. The molecule has 0 bridgehead atoms. The van der Waals surface area contributed by atoms with Gasteiger partial charge in [-0.25, -0.2) is 0 Å². The third-order valence-electron chi connectivity index (χ3n) is 7.11. The van der Waals surface area contributed by atoms with Crippen molar-refractivity contribution < 1.29 is 9.59 Å². The lowest BCUT2D eigenvalue weighted by atomic mass is 9.96. The topological polar surface area (TPSA) is 58.2 Å². The van der Waals surface area contributed by atoms with Gasteiger partial charge in [0.05, 0.1) is 22.5 Å². The molecule has 4 aromatic carbocycles. The number of hydrogen-bond donors (Lipinski definition) is 2. The second-order valence-corrected chi connectivity index (χ2v) is 9.75. The Morgan fingerprint density at radius 3 is 1.35 bits per heavy atom. The molecule has 0 saturated heterocycles. The van der Waals surface area contributed by atoms with Gasteiger partial charge < -0.3 is 10.6 Å². The van der Waals surface area contributed by atoms with E-state index in [4.69, 9.17) is 0 Å². The Balaban J connectivity index is 1.35. The van der Waals surface area contributed by atoms with Crippen LogP contribution in [0.15, 0.2) is 102 Å². The van der Waals surface area contributed by atoms with E-state index in [1.807, 2.05) is 48.5 Å². The van der Waals surface area contributed by atoms with Crippen LogP contribution in [0.2, 0.25) is 0 Å². The van der Waals surface area contributed by atoms with Crippen molar-refractivity contribution in [2.24, 2.45) is 0 Å². The van der Waals surface area contributed by atoms with Crippen molar-refractivity contribution in [3.05, 3.63) is 130 Å². The highest BCUT2D eigenvalue weighted by atomic mass is 16.2. The van der Waals surface area contributed by atoms with E-state index >= 15 is 0 Å². The minimum Gasteiger partial charge on any atom is -0.321 e. The van der Waals surface area contributed by atoms with Crippen LogP contribution in [-0.2, 0) is 9.59 Å². The minimum atomic E-state index is -0.264. The number of aryl methyl sites for hydroxylation is 3. The first-order valence-electron chi connectivity index (χ1n) is 12.4. The number of amides is 2. The molecule has 180 valence electrons. The van der Waals surface area contributed by atoms with Crippen molar-refractivity contribution in [1.29, 1.82) is 0 Å². The molecule has 4 aromatic rings. The van der Waals surface area contributed by atoms with Crippen LogP contribution in [0.3, 0.4) is 0 Å². The van der Waals surface area contributed by atoms with E-state index in [9.17, 15) is 9.59 Å². The van der Waals surface area contributed by atoms with Gasteiger partial charge in [-0.15, -0.1) is 0 Å². The van der Waals surface area contributed by atoms with E-state index in [1.54, 1.807) is 0 Å². The first-order chi connectivity index (χ1) is 17.9. The fraction of sp³-hybridized carbons (Fsp3) is 0.0909. The number of hydrogen-bond acceptors (Lipinski definition) is 2. The average molecular weight is 483 g/mol. The van der Waals surface area contributed by atoms with Crippen molar-refractivity contribution in [1.82, 2.24) is 10.6 Å². The first kappa shape index (κ1) is 22.7. The maximum Gasteiger partial charge on any atom is 0.258 e. The number of carbonyl (C=O) groups is 2. The molecule has 37 heavy (non-hydrogen) atoms. The molecule has 2 N–H and O–H groups in total. The van der Waals surface area contributed by atoms with Crippen LogP contribution in [0.1, 0.15) is 27.8 Å². The van der Waals surface area contributed by atoms with Crippen molar-refractivity contribution in [3.63, 3.8) is 0 Å². The van der Waals surface area contributed by atoms with E-state index < -0.39 is 0 Å².